The van der Waals surface area contributed by atoms with E-state index in [-0.39, 0.29) is 0 Å². The fraction of sp³-hybridized carbons (Fsp3) is 0.500. The third-order valence-electron chi connectivity index (χ3n) is 6.34. The number of pyridine rings is 1. The zero-order valence-corrected chi connectivity index (χ0v) is 19.5. The summed E-state index contributed by atoms with van der Waals surface area (Å²) in [6.07, 6.45) is 6.41. The first kappa shape index (κ1) is 21.0. The summed E-state index contributed by atoms with van der Waals surface area (Å²) in [6.45, 7) is 8.54. The average Bonchev–Trinajstić information content (AvgIpc) is 2.99. The lowest BCUT2D eigenvalue weighted by atomic mass is 9.93. The SMILES string of the molecule is CCC(CC)c1ccc(Cl)c2nc3n(c12)CCCCN3c1ncc(N(C)C)cc1C. The Morgan fingerprint density at radius 2 is 1.87 bits per heavy atom. The molecule has 160 valence electrons. The quantitative estimate of drug-likeness (QED) is 0.481. The van der Waals surface area contributed by atoms with Crippen molar-refractivity contribution in [3.05, 3.63) is 40.5 Å². The van der Waals surface area contributed by atoms with Crippen LogP contribution in [0.15, 0.2) is 24.4 Å². The standard InChI is InChI=1S/C24H32ClN5/c1-6-17(7-2)19-10-11-20(25)21-22(19)29-12-8-9-13-30(24(29)27-21)23-16(3)14-18(15-26-23)28(4)5/h10-11,14-15,17H,6-9,12-13H2,1-5H3. The molecule has 2 aromatic heterocycles. The number of hydrogen-bond donors (Lipinski definition) is 0. The molecule has 0 N–H and O–H groups in total. The fourth-order valence-electron chi connectivity index (χ4n) is 4.62. The molecule has 6 heteroatoms. The van der Waals surface area contributed by atoms with Crippen molar-refractivity contribution in [1.29, 1.82) is 0 Å². The summed E-state index contributed by atoms with van der Waals surface area (Å²) < 4.78 is 2.39. The van der Waals surface area contributed by atoms with Gasteiger partial charge in [-0.25, -0.2) is 9.97 Å². The summed E-state index contributed by atoms with van der Waals surface area (Å²) in [5, 5.41) is 0.730. The predicted octanol–water partition coefficient (Wildman–Crippen LogP) is 6.29. The molecule has 1 aliphatic rings. The van der Waals surface area contributed by atoms with Gasteiger partial charge in [-0.1, -0.05) is 31.5 Å². The smallest absolute Gasteiger partial charge is 0.212 e. The minimum absolute atomic E-state index is 0.515. The monoisotopic (exact) mass is 425 g/mol. The van der Waals surface area contributed by atoms with E-state index in [0.717, 1.165) is 72.3 Å². The number of benzene rings is 1. The van der Waals surface area contributed by atoms with Gasteiger partial charge in [-0.3, -0.25) is 4.90 Å². The van der Waals surface area contributed by atoms with Gasteiger partial charge >= 0.3 is 0 Å². The van der Waals surface area contributed by atoms with E-state index < -0.39 is 0 Å². The van der Waals surface area contributed by atoms with E-state index in [9.17, 15) is 0 Å². The lowest BCUT2D eigenvalue weighted by Gasteiger charge is -2.24. The molecule has 30 heavy (non-hydrogen) atoms. The molecule has 1 aromatic carbocycles. The number of halogens is 1. The molecular formula is C24H32ClN5. The highest BCUT2D eigenvalue weighted by molar-refractivity contribution is 6.35. The number of fused-ring (bicyclic) bond motifs is 3. The Morgan fingerprint density at radius 1 is 1.13 bits per heavy atom. The van der Waals surface area contributed by atoms with Crippen LogP contribution in [0.2, 0.25) is 5.02 Å². The zero-order valence-electron chi connectivity index (χ0n) is 18.7. The summed E-state index contributed by atoms with van der Waals surface area (Å²) in [6, 6.07) is 6.43. The number of nitrogens with zero attached hydrogens (tertiary/aromatic N) is 5. The van der Waals surface area contributed by atoms with Crippen molar-refractivity contribution < 1.29 is 0 Å². The van der Waals surface area contributed by atoms with Gasteiger partial charge in [0.15, 0.2) is 0 Å². The molecule has 0 amide bonds. The predicted molar refractivity (Wildman–Crippen MR) is 128 cm³/mol. The largest absolute Gasteiger partial charge is 0.376 e. The molecule has 3 aromatic rings. The number of anilines is 3. The van der Waals surface area contributed by atoms with Crippen LogP contribution < -0.4 is 9.80 Å². The minimum atomic E-state index is 0.515. The fourth-order valence-corrected chi connectivity index (χ4v) is 4.81. The van der Waals surface area contributed by atoms with Gasteiger partial charge in [0, 0.05) is 27.2 Å². The van der Waals surface area contributed by atoms with Crippen LogP contribution in [0.3, 0.4) is 0 Å². The lowest BCUT2D eigenvalue weighted by molar-refractivity contribution is 0.632. The third-order valence-corrected chi connectivity index (χ3v) is 6.65. The Balaban J connectivity index is 1.92. The van der Waals surface area contributed by atoms with Gasteiger partial charge in [-0.15, -0.1) is 0 Å². The number of hydrogen-bond acceptors (Lipinski definition) is 4. The van der Waals surface area contributed by atoms with Gasteiger partial charge in [0.25, 0.3) is 0 Å². The molecule has 0 spiro atoms. The van der Waals surface area contributed by atoms with Crippen molar-refractivity contribution in [3.8, 4) is 0 Å². The van der Waals surface area contributed by atoms with Gasteiger partial charge in [-0.05, 0) is 61.8 Å². The van der Waals surface area contributed by atoms with Crippen molar-refractivity contribution in [1.82, 2.24) is 14.5 Å². The van der Waals surface area contributed by atoms with Crippen LogP contribution in [-0.2, 0) is 6.54 Å². The highest BCUT2D eigenvalue weighted by Gasteiger charge is 2.27. The molecule has 3 heterocycles. The zero-order chi connectivity index (χ0) is 21.4. The maximum absolute atomic E-state index is 6.65. The average molecular weight is 426 g/mol. The second kappa shape index (κ2) is 8.46. The topological polar surface area (TPSA) is 37.2 Å². The molecule has 0 unspecified atom stereocenters. The molecule has 5 nitrogen and oxygen atoms in total. The Hall–Kier alpha value is -2.27. The van der Waals surface area contributed by atoms with Gasteiger partial charge in [0.2, 0.25) is 5.95 Å². The van der Waals surface area contributed by atoms with Gasteiger partial charge in [0.05, 0.1) is 22.4 Å². The van der Waals surface area contributed by atoms with Crippen LogP contribution in [0, 0.1) is 6.92 Å². The lowest BCUT2D eigenvalue weighted by Crippen LogP contribution is -2.22. The summed E-state index contributed by atoms with van der Waals surface area (Å²) in [5.74, 6) is 2.47. The second-order valence-electron chi connectivity index (χ2n) is 8.50. The van der Waals surface area contributed by atoms with Crippen LogP contribution in [0.25, 0.3) is 11.0 Å². The van der Waals surface area contributed by atoms with Crippen LogP contribution in [0.1, 0.15) is 56.6 Å². The molecule has 0 saturated heterocycles. The van der Waals surface area contributed by atoms with E-state index in [1.807, 2.05) is 26.4 Å². The summed E-state index contributed by atoms with van der Waals surface area (Å²) in [4.78, 5) is 14.3. The van der Waals surface area contributed by atoms with E-state index in [1.165, 1.54) is 11.1 Å². The number of imidazole rings is 1. The molecule has 0 aliphatic carbocycles. The Morgan fingerprint density at radius 3 is 2.53 bits per heavy atom. The second-order valence-corrected chi connectivity index (χ2v) is 8.91. The Bertz CT molecular complexity index is 1050. The first-order valence-corrected chi connectivity index (χ1v) is 11.4. The molecule has 1 aliphatic heterocycles. The highest BCUT2D eigenvalue weighted by Crippen LogP contribution is 2.39. The molecule has 4 rings (SSSR count). The molecule has 0 radical (unpaired) electrons. The van der Waals surface area contributed by atoms with Crippen LogP contribution in [-0.4, -0.2) is 35.2 Å². The van der Waals surface area contributed by atoms with Crippen molar-refractivity contribution in [2.45, 2.75) is 58.9 Å². The summed E-state index contributed by atoms with van der Waals surface area (Å²) in [7, 11) is 4.09. The van der Waals surface area contributed by atoms with Crippen LogP contribution in [0.5, 0.6) is 0 Å². The van der Waals surface area contributed by atoms with E-state index >= 15 is 0 Å². The van der Waals surface area contributed by atoms with Gasteiger partial charge in [-0.2, -0.15) is 0 Å². The molecule has 0 fully saturated rings. The first-order valence-electron chi connectivity index (χ1n) is 11.1. The number of aromatic nitrogens is 3. The number of rotatable bonds is 5. The van der Waals surface area contributed by atoms with Crippen molar-refractivity contribution in [2.75, 3.05) is 30.4 Å². The Labute approximate surface area is 184 Å². The van der Waals surface area contributed by atoms with E-state index in [0.29, 0.717) is 5.92 Å². The summed E-state index contributed by atoms with van der Waals surface area (Å²) in [5.41, 5.74) is 5.77. The van der Waals surface area contributed by atoms with Gasteiger partial charge < -0.3 is 9.47 Å². The third kappa shape index (κ3) is 3.53. The summed E-state index contributed by atoms with van der Waals surface area (Å²) >= 11 is 6.65. The van der Waals surface area contributed by atoms with E-state index in [2.05, 4.69) is 47.3 Å². The highest BCUT2D eigenvalue weighted by atomic mass is 35.5. The van der Waals surface area contributed by atoms with Crippen molar-refractivity contribution in [2.24, 2.45) is 0 Å². The normalized spacial score (nSPS) is 14.3. The molecule has 0 atom stereocenters. The van der Waals surface area contributed by atoms with Crippen molar-refractivity contribution in [3.63, 3.8) is 0 Å². The number of aryl methyl sites for hydroxylation is 2. The molecule has 0 bridgehead atoms. The van der Waals surface area contributed by atoms with Crippen LogP contribution in [0.4, 0.5) is 17.5 Å². The van der Waals surface area contributed by atoms with E-state index in [1.54, 1.807) is 0 Å². The van der Waals surface area contributed by atoms with Crippen molar-refractivity contribution >= 4 is 40.1 Å². The van der Waals surface area contributed by atoms with Crippen LogP contribution >= 0.6 is 11.6 Å². The maximum Gasteiger partial charge on any atom is 0.212 e. The Kier molecular flexibility index (Phi) is 5.92. The maximum atomic E-state index is 6.65. The minimum Gasteiger partial charge on any atom is -0.376 e. The van der Waals surface area contributed by atoms with Gasteiger partial charge in [0.1, 0.15) is 11.3 Å². The molecule has 0 saturated carbocycles. The first-order chi connectivity index (χ1) is 14.5. The van der Waals surface area contributed by atoms with E-state index in [4.69, 9.17) is 21.6 Å². The molecular weight excluding hydrogens is 394 g/mol.